The third-order valence-electron chi connectivity index (χ3n) is 6.86. The Hall–Kier alpha value is -1.73. The smallest absolute Gasteiger partial charge is 0.372 e. The number of aromatic carboxylic acids is 1. The number of carbonyl (C=O) groups is 1. The highest BCUT2D eigenvalue weighted by Crippen LogP contribution is 2.54. The highest BCUT2D eigenvalue weighted by Gasteiger charge is 2.48. The highest BCUT2D eigenvalue weighted by molar-refractivity contribution is 7.18. The van der Waals surface area contributed by atoms with E-state index >= 15 is 0 Å². The minimum absolute atomic E-state index is 0.280. The van der Waals surface area contributed by atoms with Crippen molar-refractivity contribution in [1.82, 2.24) is 9.97 Å². The van der Waals surface area contributed by atoms with Crippen molar-refractivity contribution in [3.8, 4) is 0 Å². The molecule has 4 fully saturated rings. The zero-order valence-corrected chi connectivity index (χ0v) is 16.1. The van der Waals surface area contributed by atoms with Crippen LogP contribution in [0.25, 0.3) is 10.2 Å². The van der Waals surface area contributed by atoms with Crippen molar-refractivity contribution in [2.75, 3.05) is 0 Å². The number of aromatic nitrogens is 2. The fourth-order valence-electron chi connectivity index (χ4n) is 6.28. The minimum Gasteiger partial charge on any atom is -0.475 e. The summed E-state index contributed by atoms with van der Waals surface area (Å²) in [5.74, 6) is 1.58. The van der Waals surface area contributed by atoms with Crippen molar-refractivity contribution >= 4 is 27.5 Å². The molecule has 27 heavy (non-hydrogen) atoms. The molecule has 0 atom stereocenters. The molecule has 7 heteroatoms. The largest absolute Gasteiger partial charge is 0.475 e. The summed E-state index contributed by atoms with van der Waals surface area (Å²) in [6, 6.07) is 0. The lowest BCUT2D eigenvalue weighted by atomic mass is 9.53. The van der Waals surface area contributed by atoms with Crippen LogP contribution in [0.1, 0.15) is 66.0 Å². The van der Waals surface area contributed by atoms with E-state index in [1.54, 1.807) is 0 Å². The van der Waals surface area contributed by atoms with Crippen LogP contribution >= 0.6 is 11.3 Å². The molecule has 2 heterocycles. The van der Waals surface area contributed by atoms with Gasteiger partial charge in [0.25, 0.3) is 5.56 Å². The van der Waals surface area contributed by atoms with E-state index in [1.165, 1.54) is 54.7 Å². The Balaban J connectivity index is 0.000000127. The second kappa shape index (κ2) is 6.14. The fourth-order valence-corrected chi connectivity index (χ4v) is 7.54. The minimum atomic E-state index is -1.20. The molecular formula is C20H25N3O3S. The lowest BCUT2D eigenvalue weighted by molar-refractivity contribution is 0.000362. The number of nitrogens with one attached hydrogen (secondary N) is 1. The molecule has 7 rings (SSSR count). The van der Waals surface area contributed by atoms with E-state index in [-0.39, 0.29) is 11.4 Å². The molecule has 5 aliphatic rings. The maximum Gasteiger partial charge on any atom is 0.372 e. The van der Waals surface area contributed by atoms with Crippen molar-refractivity contribution in [2.24, 2.45) is 23.5 Å². The first kappa shape index (κ1) is 17.4. The lowest BCUT2D eigenvalue weighted by Crippen LogP contribution is -2.55. The number of carboxylic acids is 1. The number of hydrogen-bond acceptors (Lipinski definition) is 5. The van der Waals surface area contributed by atoms with Gasteiger partial charge in [-0.15, -0.1) is 11.3 Å². The zero-order chi connectivity index (χ0) is 18.8. The van der Waals surface area contributed by atoms with Crippen molar-refractivity contribution < 1.29 is 9.90 Å². The van der Waals surface area contributed by atoms with Gasteiger partial charge in [-0.25, -0.2) is 9.78 Å². The molecule has 2 aromatic heterocycles. The Bertz CT molecular complexity index is 941. The van der Waals surface area contributed by atoms with Gasteiger partial charge in [0.2, 0.25) is 5.82 Å². The van der Waals surface area contributed by atoms with Gasteiger partial charge >= 0.3 is 5.97 Å². The van der Waals surface area contributed by atoms with Gasteiger partial charge in [-0.05, 0) is 81.1 Å². The average Bonchev–Trinajstić information content (AvgIpc) is 3.13. The van der Waals surface area contributed by atoms with E-state index in [4.69, 9.17) is 10.8 Å². The van der Waals surface area contributed by atoms with E-state index in [0.717, 1.165) is 42.6 Å². The predicted molar refractivity (Wildman–Crippen MR) is 104 cm³/mol. The van der Waals surface area contributed by atoms with Crippen LogP contribution in [0.3, 0.4) is 0 Å². The number of nitrogens with zero attached hydrogens (tertiary/aromatic N) is 1. The maximum atomic E-state index is 11.8. The number of aromatic amines is 1. The SMILES string of the molecule is NC12CC3CC(CC(C3)C1)C2.O=C(O)c1nc2sc3c(c2c(=O)[nH]1)CCC3. The topological polar surface area (TPSA) is 109 Å². The molecular weight excluding hydrogens is 362 g/mol. The predicted octanol–water partition coefficient (Wildman–Crippen LogP) is 3.09. The molecule has 0 spiro atoms. The molecule has 0 aromatic carbocycles. The van der Waals surface area contributed by atoms with Gasteiger partial charge in [0.05, 0.1) is 5.39 Å². The number of hydrogen-bond donors (Lipinski definition) is 3. The van der Waals surface area contributed by atoms with E-state index < -0.39 is 5.97 Å². The van der Waals surface area contributed by atoms with Gasteiger partial charge in [-0.2, -0.15) is 0 Å². The summed E-state index contributed by atoms with van der Waals surface area (Å²) in [7, 11) is 0. The molecule has 4 bridgehead atoms. The van der Waals surface area contributed by atoms with Gasteiger partial charge in [0.15, 0.2) is 0 Å². The zero-order valence-electron chi connectivity index (χ0n) is 15.3. The molecule has 4 saturated carbocycles. The molecule has 6 nitrogen and oxygen atoms in total. The number of carboxylic acid groups (broad SMARTS) is 1. The van der Waals surface area contributed by atoms with Crippen LogP contribution < -0.4 is 11.3 Å². The van der Waals surface area contributed by atoms with Crippen LogP contribution in [0, 0.1) is 17.8 Å². The first-order valence-electron chi connectivity index (χ1n) is 9.97. The number of nitrogens with two attached hydrogens (primary N) is 1. The van der Waals surface area contributed by atoms with E-state index in [2.05, 4.69) is 9.97 Å². The molecule has 2 aromatic rings. The van der Waals surface area contributed by atoms with Crippen LogP contribution in [-0.2, 0) is 12.8 Å². The number of fused-ring (bicyclic) bond motifs is 3. The van der Waals surface area contributed by atoms with Crippen LogP contribution in [0.5, 0.6) is 0 Å². The summed E-state index contributed by atoms with van der Waals surface area (Å²) in [5.41, 5.74) is 7.35. The number of aryl methyl sites for hydroxylation is 2. The van der Waals surface area contributed by atoms with Gasteiger partial charge in [-0.3, -0.25) is 4.79 Å². The second-order valence-electron chi connectivity index (χ2n) is 9.04. The first-order chi connectivity index (χ1) is 12.9. The second-order valence-corrected chi connectivity index (χ2v) is 10.1. The molecule has 0 unspecified atom stereocenters. The molecule has 0 amide bonds. The molecule has 0 saturated heterocycles. The van der Waals surface area contributed by atoms with Gasteiger partial charge in [-0.1, -0.05) is 0 Å². The Labute approximate surface area is 161 Å². The third kappa shape index (κ3) is 3.01. The van der Waals surface area contributed by atoms with E-state index in [0.29, 0.717) is 15.8 Å². The van der Waals surface area contributed by atoms with Crippen molar-refractivity contribution in [3.05, 3.63) is 26.6 Å². The maximum absolute atomic E-state index is 11.8. The summed E-state index contributed by atoms with van der Waals surface area (Å²) in [6.07, 6.45) is 11.5. The van der Waals surface area contributed by atoms with Crippen LogP contribution in [0.2, 0.25) is 0 Å². The molecule has 4 N–H and O–H groups in total. The van der Waals surface area contributed by atoms with E-state index in [9.17, 15) is 9.59 Å². The first-order valence-corrected chi connectivity index (χ1v) is 10.8. The number of rotatable bonds is 1. The summed E-state index contributed by atoms with van der Waals surface area (Å²) in [5, 5.41) is 9.37. The molecule has 5 aliphatic carbocycles. The van der Waals surface area contributed by atoms with Gasteiger partial charge in [0, 0.05) is 10.4 Å². The summed E-state index contributed by atoms with van der Waals surface area (Å²) >= 11 is 1.44. The van der Waals surface area contributed by atoms with Crippen molar-refractivity contribution in [1.29, 1.82) is 0 Å². The standard InChI is InChI=1S/C10H8N2O3S.C10H17N/c13-8-6-4-2-1-3-5(4)16-9(6)12-7(11-8)10(14)15;11-10-4-7-1-8(5-10)3-9(2-7)6-10/h1-3H2,(H,14,15)(H,11,12,13);7-9H,1-6,11H2. The van der Waals surface area contributed by atoms with Crippen molar-refractivity contribution in [2.45, 2.75) is 63.3 Å². The quantitative estimate of drug-likeness (QED) is 0.697. The molecule has 0 aliphatic heterocycles. The number of H-pyrrole nitrogens is 1. The van der Waals surface area contributed by atoms with Crippen molar-refractivity contribution in [3.63, 3.8) is 0 Å². The molecule has 0 radical (unpaired) electrons. The lowest BCUT2D eigenvalue weighted by Gasteiger charge is -2.55. The normalized spacial score (nSPS) is 33.0. The van der Waals surface area contributed by atoms with Crippen LogP contribution in [0.4, 0.5) is 0 Å². The Morgan fingerprint density at radius 2 is 1.78 bits per heavy atom. The van der Waals surface area contributed by atoms with Gasteiger partial charge in [0.1, 0.15) is 4.83 Å². The Kier molecular flexibility index (Phi) is 3.95. The Morgan fingerprint density at radius 3 is 2.33 bits per heavy atom. The monoisotopic (exact) mass is 387 g/mol. The fraction of sp³-hybridized carbons (Fsp3) is 0.650. The van der Waals surface area contributed by atoms with Gasteiger partial charge < -0.3 is 15.8 Å². The number of thiophene rings is 1. The Morgan fingerprint density at radius 1 is 1.15 bits per heavy atom. The van der Waals surface area contributed by atoms with E-state index in [1.807, 2.05) is 0 Å². The van der Waals surface area contributed by atoms with Crippen LogP contribution in [-0.4, -0.2) is 26.6 Å². The summed E-state index contributed by atoms with van der Waals surface area (Å²) in [6.45, 7) is 0. The third-order valence-corrected chi connectivity index (χ3v) is 8.05. The summed E-state index contributed by atoms with van der Waals surface area (Å²) in [4.78, 5) is 30.5. The average molecular weight is 388 g/mol. The molecule has 144 valence electrons. The van der Waals surface area contributed by atoms with Crippen LogP contribution in [0.15, 0.2) is 4.79 Å². The summed E-state index contributed by atoms with van der Waals surface area (Å²) < 4.78 is 0. The highest BCUT2D eigenvalue weighted by atomic mass is 32.1.